The normalized spacial score (nSPS) is 14.3. The first-order chi connectivity index (χ1) is 25.4. The zero-order valence-corrected chi connectivity index (χ0v) is 31.5. The van der Waals surface area contributed by atoms with Gasteiger partial charge in [-0.05, 0) is 88.9 Å². The summed E-state index contributed by atoms with van der Waals surface area (Å²) in [5.74, 6) is -3.72. The number of fused-ring (bicyclic) bond motifs is 1. The van der Waals surface area contributed by atoms with Gasteiger partial charge in [-0.3, -0.25) is 4.79 Å². The van der Waals surface area contributed by atoms with Crippen LogP contribution in [0.25, 0.3) is 22.3 Å². The largest absolute Gasteiger partial charge is 0.573 e. The highest BCUT2D eigenvalue weighted by Gasteiger charge is 2.57. The number of alkyl halides is 11. The number of unbranched alkanes of at least 4 members (excludes halogenated alkanes) is 2. The lowest BCUT2D eigenvalue weighted by molar-refractivity contribution is -0.572. The highest BCUT2D eigenvalue weighted by Crippen LogP contribution is 2.41. The van der Waals surface area contributed by atoms with Crippen LogP contribution in [0.5, 0.6) is 5.75 Å². The molecular weight excluding hydrogens is 801 g/mol. The number of rotatable bonds is 21. The maximum Gasteiger partial charge on any atom is 0.573 e. The van der Waals surface area contributed by atoms with E-state index in [2.05, 4.69) is 23.7 Å². The van der Waals surface area contributed by atoms with E-state index >= 15 is 0 Å². The molecule has 2 aromatic carbocycles. The highest BCUT2D eigenvalue weighted by atomic mass is 32.2. The van der Waals surface area contributed by atoms with E-state index < -0.39 is 72.2 Å². The van der Waals surface area contributed by atoms with Gasteiger partial charge in [-0.2, -0.15) is 17.6 Å². The molecule has 0 saturated heterocycles. The Kier molecular flexibility index (Phi) is 14.8. The standard InChI is InChI=1S/C35H41F11N2O7S/c1-6-7-8-9-20-10-13-23(26(14-20)52-33(40,41)42)25-15-21-11-12-22(16-24(21)51-25)56-19-32(38,39)54-35(45,46)55-34(43,44)53-31(36,37)18-50-28(49)30(4,5)27(47)17-29(2,3)48/h10-16,27H,6-9,17-19,47-48H2,1-5H3. The Morgan fingerprint density at radius 1 is 0.821 bits per heavy atom. The second-order valence-corrected chi connectivity index (χ2v) is 15.1. The Labute approximate surface area is 318 Å². The minimum absolute atomic E-state index is 0.00517. The van der Waals surface area contributed by atoms with E-state index in [0.717, 1.165) is 25.3 Å². The quantitative estimate of drug-likeness (QED) is 0.0352. The van der Waals surface area contributed by atoms with Gasteiger partial charge >= 0.3 is 37.1 Å². The van der Waals surface area contributed by atoms with E-state index in [-0.39, 0.29) is 40.0 Å². The second-order valence-electron chi connectivity index (χ2n) is 14.0. The fourth-order valence-electron chi connectivity index (χ4n) is 5.01. The highest BCUT2D eigenvalue weighted by molar-refractivity contribution is 7.99. The van der Waals surface area contributed by atoms with Crippen LogP contribution < -0.4 is 16.2 Å². The van der Waals surface area contributed by atoms with Gasteiger partial charge in [0.1, 0.15) is 17.1 Å². The van der Waals surface area contributed by atoms with Crippen molar-refractivity contribution in [2.75, 3.05) is 12.4 Å². The molecule has 3 aromatic rings. The Hall–Kier alpha value is -3.37. The number of halogens is 11. The number of carbonyl (C=O) groups excluding carboxylic acids is 1. The molecule has 1 aromatic heterocycles. The molecule has 0 aliphatic rings. The zero-order valence-electron chi connectivity index (χ0n) is 30.6. The van der Waals surface area contributed by atoms with Crippen molar-refractivity contribution < 1.29 is 81.2 Å². The first-order valence-corrected chi connectivity index (χ1v) is 17.8. The average molecular weight is 843 g/mol. The first-order valence-electron chi connectivity index (χ1n) is 16.8. The summed E-state index contributed by atoms with van der Waals surface area (Å²) in [5, 5.41) is 0.300. The molecule has 1 unspecified atom stereocenters. The minimum atomic E-state index is -5.97. The van der Waals surface area contributed by atoms with E-state index in [4.69, 9.17) is 15.9 Å². The lowest BCUT2D eigenvalue weighted by Gasteiger charge is -2.34. The van der Waals surface area contributed by atoms with Crippen molar-refractivity contribution in [2.45, 2.75) is 114 Å². The van der Waals surface area contributed by atoms with Gasteiger partial charge < -0.3 is 25.4 Å². The van der Waals surface area contributed by atoms with Crippen molar-refractivity contribution in [2.24, 2.45) is 16.9 Å². The number of carbonyl (C=O) groups is 1. The van der Waals surface area contributed by atoms with Crippen molar-refractivity contribution in [3.63, 3.8) is 0 Å². The lowest BCUT2D eigenvalue weighted by Crippen LogP contribution is -2.51. The summed E-state index contributed by atoms with van der Waals surface area (Å²) >= 11 is 0.154. The number of esters is 1. The average Bonchev–Trinajstić information content (AvgIpc) is 3.43. The lowest BCUT2D eigenvalue weighted by atomic mass is 9.79. The van der Waals surface area contributed by atoms with Crippen molar-refractivity contribution >= 4 is 28.7 Å². The molecule has 9 nitrogen and oxygen atoms in total. The number of hydrogen-bond donors (Lipinski definition) is 2. The van der Waals surface area contributed by atoms with E-state index in [9.17, 15) is 53.1 Å². The molecule has 4 N–H and O–H groups in total. The molecule has 21 heteroatoms. The van der Waals surface area contributed by atoms with Gasteiger partial charge in [-0.15, -0.1) is 42.5 Å². The number of thioether (sulfide) groups is 1. The number of ether oxygens (including phenoxy) is 5. The van der Waals surface area contributed by atoms with Crippen LogP contribution in [-0.4, -0.2) is 61.1 Å². The predicted molar refractivity (Wildman–Crippen MR) is 181 cm³/mol. The third-order valence-electron chi connectivity index (χ3n) is 7.85. The van der Waals surface area contributed by atoms with Gasteiger partial charge in [0, 0.05) is 21.9 Å². The molecule has 0 radical (unpaired) electrons. The van der Waals surface area contributed by atoms with Crippen LogP contribution >= 0.6 is 11.8 Å². The van der Waals surface area contributed by atoms with Gasteiger partial charge in [0.2, 0.25) is 0 Å². The minimum Gasteiger partial charge on any atom is -0.456 e. The molecular formula is C35H41F11N2O7S. The van der Waals surface area contributed by atoms with Crippen molar-refractivity contribution in [1.82, 2.24) is 0 Å². The summed E-state index contributed by atoms with van der Waals surface area (Å²) < 4.78 is 176. The molecule has 0 fully saturated rings. The van der Waals surface area contributed by atoms with Gasteiger partial charge in [0.15, 0.2) is 6.61 Å². The summed E-state index contributed by atoms with van der Waals surface area (Å²) in [6.45, 7) is 5.22. The fourth-order valence-corrected chi connectivity index (χ4v) is 5.76. The van der Waals surface area contributed by atoms with Crippen LogP contribution in [0.3, 0.4) is 0 Å². The third-order valence-corrected chi connectivity index (χ3v) is 8.92. The van der Waals surface area contributed by atoms with E-state index in [0.29, 0.717) is 17.4 Å². The molecule has 56 heavy (non-hydrogen) atoms. The van der Waals surface area contributed by atoms with Crippen LogP contribution in [0.4, 0.5) is 48.3 Å². The van der Waals surface area contributed by atoms with E-state index in [1.54, 1.807) is 19.9 Å². The monoisotopic (exact) mass is 842 g/mol. The third kappa shape index (κ3) is 14.9. The van der Waals surface area contributed by atoms with E-state index in [1.807, 2.05) is 6.92 Å². The zero-order chi connectivity index (χ0) is 42.5. The molecule has 316 valence electrons. The topological polar surface area (TPSA) is 128 Å². The van der Waals surface area contributed by atoms with Gasteiger partial charge in [-0.25, -0.2) is 14.2 Å². The Balaban J connectivity index is 1.64. The Morgan fingerprint density at radius 2 is 1.45 bits per heavy atom. The number of benzene rings is 2. The molecule has 1 atom stereocenters. The SMILES string of the molecule is CCCCCc1ccc(-c2cc3ccc(SCC(F)(F)OC(F)(F)OC(F)(F)OC(F)(F)COC(=O)C(C)(C)C(N)CC(C)(C)N)cc3o2)c(OC(F)(F)F)c1. The van der Waals surface area contributed by atoms with Gasteiger partial charge in [0.25, 0.3) is 0 Å². The number of hydrogen-bond acceptors (Lipinski definition) is 10. The number of nitrogens with two attached hydrogens (primary N) is 2. The molecule has 0 bridgehead atoms. The summed E-state index contributed by atoms with van der Waals surface area (Å²) in [7, 11) is 0. The summed E-state index contributed by atoms with van der Waals surface area (Å²) in [6, 6.07) is 8.15. The molecule has 1 heterocycles. The van der Waals surface area contributed by atoms with Crippen LogP contribution in [0.1, 0.15) is 65.9 Å². The van der Waals surface area contributed by atoms with Crippen molar-refractivity contribution in [3.05, 3.63) is 48.0 Å². The van der Waals surface area contributed by atoms with Crippen LogP contribution in [0, 0.1) is 5.41 Å². The number of aryl methyl sites for hydroxylation is 1. The predicted octanol–water partition coefficient (Wildman–Crippen LogP) is 10.2. The maximum atomic E-state index is 14.4. The van der Waals surface area contributed by atoms with Gasteiger partial charge in [-0.1, -0.05) is 25.8 Å². The molecule has 0 aliphatic heterocycles. The molecule has 3 rings (SSSR count). The molecule has 0 spiro atoms. The number of furan rings is 1. The first kappa shape index (κ1) is 47.0. The van der Waals surface area contributed by atoms with Crippen LogP contribution in [0.2, 0.25) is 0 Å². The van der Waals surface area contributed by atoms with Crippen LogP contribution in [-0.2, 0) is 30.2 Å². The van der Waals surface area contributed by atoms with Crippen molar-refractivity contribution in [3.8, 4) is 17.1 Å². The Bertz CT molecular complexity index is 1780. The van der Waals surface area contributed by atoms with Crippen LogP contribution in [0.15, 0.2) is 51.8 Å². The molecule has 0 amide bonds. The summed E-state index contributed by atoms with van der Waals surface area (Å²) in [6.07, 6.45) is -24.1. The Morgan fingerprint density at radius 3 is 2.04 bits per heavy atom. The van der Waals surface area contributed by atoms with Crippen molar-refractivity contribution in [1.29, 1.82) is 0 Å². The molecule has 0 aliphatic carbocycles. The second kappa shape index (κ2) is 17.6. The summed E-state index contributed by atoms with van der Waals surface area (Å²) in [4.78, 5) is 12.3. The summed E-state index contributed by atoms with van der Waals surface area (Å²) in [5.41, 5.74) is 9.62. The van der Waals surface area contributed by atoms with E-state index in [1.165, 1.54) is 44.2 Å². The van der Waals surface area contributed by atoms with Gasteiger partial charge in [0.05, 0.1) is 16.7 Å². The molecule has 0 saturated carbocycles. The fraction of sp³-hybridized carbons (Fsp3) is 0.571. The smallest absolute Gasteiger partial charge is 0.456 e. The maximum absolute atomic E-state index is 14.4.